The minimum absolute atomic E-state index is 0.269. The van der Waals surface area contributed by atoms with Crippen LogP contribution in [0.2, 0.25) is 5.02 Å². The van der Waals surface area contributed by atoms with Gasteiger partial charge in [-0.05, 0) is 53.1 Å². The maximum Gasteiger partial charge on any atom is 0.284 e. The predicted octanol–water partition coefficient (Wildman–Crippen LogP) is 4.13. The summed E-state index contributed by atoms with van der Waals surface area (Å²) in [6, 6.07) is 23.9. The highest BCUT2D eigenvalue weighted by atomic mass is 35.5. The van der Waals surface area contributed by atoms with Crippen molar-refractivity contribution in [3.63, 3.8) is 0 Å². The van der Waals surface area contributed by atoms with Gasteiger partial charge in [-0.15, -0.1) is 10.2 Å². The Kier molecular flexibility index (Phi) is 5.04. The van der Waals surface area contributed by atoms with E-state index in [2.05, 4.69) is 22.3 Å². The molecule has 1 aliphatic rings. The standard InChI is InChI=1S/C28H22ClN6O/c1-34-16-32-33-27(34)28(31)19-6-8-25(29)18(10-19)15-36-22-5-3-4-17(11-22)23-13-21(14-30)35(2)26-9-7-20(28)12-24(23)26/h3-13,16H,15,31H2,1-2H3/q+1/t28-/m1/s1. The lowest BCUT2D eigenvalue weighted by Gasteiger charge is -2.30. The molecule has 36 heavy (non-hydrogen) atoms. The smallest absolute Gasteiger partial charge is 0.284 e. The number of hydrogen-bond donors (Lipinski definition) is 1. The van der Waals surface area contributed by atoms with Crippen molar-refractivity contribution in [2.45, 2.75) is 12.1 Å². The van der Waals surface area contributed by atoms with Crippen molar-refractivity contribution in [2.24, 2.45) is 19.8 Å². The molecule has 1 atom stereocenters. The lowest BCUT2D eigenvalue weighted by molar-refractivity contribution is -0.647. The third kappa shape index (κ3) is 3.27. The molecule has 0 spiro atoms. The number of fused-ring (bicyclic) bond motifs is 6. The van der Waals surface area contributed by atoms with Gasteiger partial charge in [0, 0.05) is 35.3 Å². The minimum Gasteiger partial charge on any atom is -0.489 e. The summed E-state index contributed by atoms with van der Waals surface area (Å²) in [5, 5.41) is 19.9. The number of aromatic nitrogens is 4. The molecule has 0 radical (unpaired) electrons. The third-order valence-corrected chi connectivity index (χ3v) is 7.33. The molecule has 0 saturated heterocycles. The summed E-state index contributed by atoms with van der Waals surface area (Å²) in [5.41, 5.74) is 11.9. The fourth-order valence-electron chi connectivity index (χ4n) is 4.99. The Labute approximate surface area is 213 Å². The van der Waals surface area contributed by atoms with Gasteiger partial charge in [0.25, 0.3) is 5.69 Å². The monoisotopic (exact) mass is 493 g/mol. The summed E-state index contributed by atoms with van der Waals surface area (Å²) >= 11 is 6.58. The number of ether oxygens (including phenoxy) is 1. The van der Waals surface area contributed by atoms with Crippen LogP contribution in [0.1, 0.15) is 28.2 Å². The largest absolute Gasteiger partial charge is 0.489 e. The van der Waals surface area contributed by atoms with Crippen molar-refractivity contribution in [1.29, 1.82) is 5.26 Å². The van der Waals surface area contributed by atoms with Crippen molar-refractivity contribution in [3.05, 3.63) is 106 Å². The molecule has 0 saturated carbocycles. The predicted molar refractivity (Wildman–Crippen MR) is 136 cm³/mol. The molecule has 0 amide bonds. The first-order valence-corrected chi connectivity index (χ1v) is 11.8. The van der Waals surface area contributed by atoms with Crippen LogP contribution in [0.5, 0.6) is 5.75 Å². The fourth-order valence-corrected chi connectivity index (χ4v) is 5.16. The van der Waals surface area contributed by atoms with E-state index in [1.807, 2.05) is 83.9 Å². The number of nitrogens with two attached hydrogens (primary N) is 1. The van der Waals surface area contributed by atoms with E-state index in [1.54, 1.807) is 6.33 Å². The van der Waals surface area contributed by atoms with Gasteiger partial charge in [0.05, 0.1) is 5.39 Å². The number of pyridine rings is 1. The molecule has 6 rings (SSSR count). The Bertz CT molecular complexity index is 1720. The molecular formula is C28H22ClN6O+. The highest BCUT2D eigenvalue weighted by Crippen LogP contribution is 2.39. The van der Waals surface area contributed by atoms with E-state index in [9.17, 15) is 5.26 Å². The zero-order valence-corrected chi connectivity index (χ0v) is 20.5. The normalized spacial score (nSPS) is 16.5. The van der Waals surface area contributed by atoms with E-state index in [0.29, 0.717) is 22.3 Å². The Morgan fingerprint density at radius 3 is 2.69 bits per heavy atom. The molecule has 0 unspecified atom stereocenters. The Hall–Kier alpha value is -4.25. The highest BCUT2D eigenvalue weighted by Gasteiger charge is 2.38. The number of halogens is 1. The molecule has 0 fully saturated rings. The van der Waals surface area contributed by atoms with Crippen LogP contribution in [0.15, 0.2) is 73.1 Å². The molecule has 2 N–H and O–H groups in total. The zero-order valence-electron chi connectivity index (χ0n) is 19.7. The first kappa shape index (κ1) is 22.2. The van der Waals surface area contributed by atoms with E-state index in [1.165, 1.54) is 0 Å². The molecule has 6 bridgehead atoms. The highest BCUT2D eigenvalue weighted by molar-refractivity contribution is 6.31. The molecule has 8 heteroatoms. The molecular weight excluding hydrogens is 472 g/mol. The van der Waals surface area contributed by atoms with Crippen molar-refractivity contribution >= 4 is 22.5 Å². The maximum absolute atomic E-state index is 9.84. The van der Waals surface area contributed by atoms with Gasteiger partial charge in [0.15, 0.2) is 11.9 Å². The second-order valence-corrected chi connectivity index (χ2v) is 9.45. The molecule has 5 aromatic rings. The topological polar surface area (TPSA) is 93.6 Å². The average Bonchev–Trinajstić information content (AvgIpc) is 3.34. The summed E-state index contributed by atoms with van der Waals surface area (Å²) in [6.45, 7) is 0.269. The van der Waals surface area contributed by atoms with E-state index in [-0.39, 0.29) is 6.61 Å². The minimum atomic E-state index is -1.13. The van der Waals surface area contributed by atoms with E-state index < -0.39 is 5.54 Å². The van der Waals surface area contributed by atoms with Gasteiger partial charge >= 0.3 is 0 Å². The molecule has 3 aromatic carbocycles. The summed E-state index contributed by atoms with van der Waals surface area (Å²) < 4.78 is 9.89. The van der Waals surface area contributed by atoms with Crippen molar-refractivity contribution in [3.8, 4) is 22.9 Å². The van der Waals surface area contributed by atoms with Crippen LogP contribution in [0, 0.1) is 11.3 Å². The SMILES string of the molecule is Cn1cnnc1[C@@]1(N)c2ccc(Cl)c(c2)COc2cccc(c2)-c2cc(C#N)[n+](C)c3ccc1cc23. The number of aryl methyl sites for hydroxylation is 2. The van der Waals surface area contributed by atoms with Crippen LogP contribution >= 0.6 is 11.6 Å². The van der Waals surface area contributed by atoms with Crippen molar-refractivity contribution in [1.82, 2.24) is 14.8 Å². The summed E-state index contributed by atoms with van der Waals surface area (Å²) in [4.78, 5) is 0. The summed E-state index contributed by atoms with van der Waals surface area (Å²) in [7, 11) is 3.77. The number of benzene rings is 3. The van der Waals surface area contributed by atoms with Gasteiger partial charge in [0.2, 0.25) is 5.52 Å². The molecule has 0 aliphatic carbocycles. The number of rotatable bonds is 1. The second kappa shape index (κ2) is 8.16. The quantitative estimate of drug-likeness (QED) is 0.354. The van der Waals surface area contributed by atoms with Crippen LogP contribution in [-0.4, -0.2) is 14.8 Å². The maximum atomic E-state index is 9.84. The zero-order chi connectivity index (χ0) is 25.0. The molecule has 3 heterocycles. The van der Waals surface area contributed by atoms with Gasteiger partial charge < -0.3 is 15.0 Å². The van der Waals surface area contributed by atoms with E-state index in [0.717, 1.165) is 38.7 Å². The van der Waals surface area contributed by atoms with Gasteiger partial charge in [0.1, 0.15) is 31.3 Å². The lowest BCUT2D eigenvalue weighted by Crippen LogP contribution is -2.42. The fraction of sp³-hybridized carbons (Fsp3) is 0.143. The lowest BCUT2D eigenvalue weighted by atomic mass is 9.81. The van der Waals surface area contributed by atoms with Gasteiger partial charge in [-0.1, -0.05) is 29.8 Å². The number of nitrogens with zero attached hydrogens (tertiary/aromatic N) is 5. The summed E-state index contributed by atoms with van der Waals surface area (Å²) in [5.74, 6) is 1.29. The number of hydrogen-bond acceptors (Lipinski definition) is 5. The Morgan fingerprint density at radius 2 is 1.92 bits per heavy atom. The molecule has 1 aliphatic heterocycles. The Balaban J connectivity index is 1.77. The first-order valence-electron chi connectivity index (χ1n) is 11.4. The third-order valence-electron chi connectivity index (χ3n) is 6.96. The molecule has 2 aromatic heterocycles. The summed E-state index contributed by atoms with van der Waals surface area (Å²) in [6.07, 6.45) is 1.64. The second-order valence-electron chi connectivity index (χ2n) is 9.04. The van der Waals surface area contributed by atoms with Crippen LogP contribution in [-0.2, 0) is 26.2 Å². The van der Waals surface area contributed by atoms with E-state index >= 15 is 0 Å². The van der Waals surface area contributed by atoms with Crippen molar-refractivity contribution < 1.29 is 9.30 Å². The molecule has 176 valence electrons. The Morgan fingerprint density at radius 1 is 1.11 bits per heavy atom. The van der Waals surface area contributed by atoms with Crippen LogP contribution in [0.3, 0.4) is 0 Å². The first-order chi connectivity index (χ1) is 17.4. The van der Waals surface area contributed by atoms with Gasteiger partial charge in [-0.3, -0.25) is 0 Å². The molecule has 7 nitrogen and oxygen atoms in total. The van der Waals surface area contributed by atoms with Crippen LogP contribution in [0.25, 0.3) is 22.0 Å². The van der Waals surface area contributed by atoms with Crippen LogP contribution < -0.4 is 15.0 Å². The van der Waals surface area contributed by atoms with Gasteiger partial charge in [-0.25, -0.2) is 0 Å². The average molecular weight is 494 g/mol. The number of nitriles is 1. The van der Waals surface area contributed by atoms with Crippen LogP contribution in [0.4, 0.5) is 0 Å². The van der Waals surface area contributed by atoms with Gasteiger partial charge in [-0.2, -0.15) is 9.83 Å². The van der Waals surface area contributed by atoms with Crippen molar-refractivity contribution in [2.75, 3.05) is 0 Å². The van der Waals surface area contributed by atoms with E-state index in [4.69, 9.17) is 22.1 Å².